The molecule has 9 heteroatoms. The molecule has 4 heterocycles. The van der Waals surface area contributed by atoms with Crippen LogP contribution in [0.4, 0.5) is 13.2 Å². The average molecular weight is 480 g/mol. The second-order valence-electron chi connectivity index (χ2n) is 8.60. The number of fused-ring (bicyclic) bond motifs is 1. The highest BCUT2D eigenvalue weighted by Crippen LogP contribution is 2.34. The Morgan fingerprint density at radius 3 is 2.74 bits per heavy atom. The summed E-state index contributed by atoms with van der Waals surface area (Å²) in [4.78, 5) is 24.6. The van der Waals surface area contributed by atoms with Crippen LogP contribution in [-0.4, -0.2) is 31.7 Å². The molecule has 1 aliphatic rings. The molecule has 0 saturated carbocycles. The maximum absolute atomic E-state index is 13.1. The monoisotopic (exact) mass is 479 g/mol. The molecule has 1 saturated heterocycles. The molecule has 1 aromatic carbocycles. The van der Waals surface area contributed by atoms with Crippen molar-refractivity contribution < 1.29 is 18.0 Å². The molecule has 0 radical (unpaired) electrons. The van der Waals surface area contributed by atoms with Gasteiger partial charge in [0.15, 0.2) is 5.69 Å². The van der Waals surface area contributed by atoms with Crippen LogP contribution >= 0.6 is 0 Å². The number of hydrogen-bond acceptors (Lipinski definition) is 4. The van der Waals surface area contributed by atoms with E-state index in [9.17, 15) is 18.0 Å². The first-order valence-corrected chi connectivity index (χ1v) is 11.5. The minimum Gasteiger partial charge on any atom is -0.347 e. The van der Waals surface area contributed by atoms with Crippen LogP contribution in [0, 0.1) is 0 Å². The Hall–Kier alpha value is -3.72. The standard InChI is InChI=1S/C26H24F3N5O/c27-26(28,29)19-8-5-7-18(15-19)16-31-25(35)23-21-10-2-4-14-34(21)24(32-23)22-11-6-13-33(22)17-20-9-1-3-12-30-20/h1-5,7-10,12,14-15,22H,6,11,13,16-17H2,(H,31,35)/t22-/m0/s1. The lowest BCUT2D eigenvalue weighted by Gasteiger charge is -2.23. The number of nitrogens with zero attached hydrogens (tertiary/aromatic N) is 4. The number of hydrogen-bond donors (Lipinski definition) is 1. The quantitative estimate of drug-likeness (QED) is 0.422. The smallest absolute Gasteiger partial charge is 0.347 e. The molecule has 5 rings (SSSR count). The van der Waals surface area contributed by atoms with Gasteiger partial charge >= 0.3 is 6.18 Å². The minimum absolute atomic E-state index is 0.0249. The SMILES string of the molecule is O=C(NCc1cccc(C(F)(F)F)c1)c1nc([C@@H]2CCCN2Cc2ccccn2)n2ccccc12. The zero-order valence-corrected chi connectivity index (χ0v) is 18.9. The van der Waals surface area contributed by atoms with Crippen LogP contribution in [0.3, 0.4) is 0 Å². The number of amides is 1. The summed E-state index contributed by atoms with van der Waals surface area (Å²) in [5.41, 5.74) is 1.52. The van der Waals surface area contributed by atoms with Gasteiger partial charge in [-0.15, -0.1) is 0 Å². The zero-order chi connectivity index (χ0) is 24.4. The van der Waals surface area contributed by atoms with Crippen LogP contribution in [0.5, 0.6) is 0 Å². The molecule has 1 aliphatic heterocycles. The molecule has 0 bridgehead atoms. The van der Waals surface area contributed by atoms with Crippen molar-refractivity contribution in [3.05, 3.63) is 101 Å². The lowest BCUT2D eigenvalue weighted by Crippen LogP contribution is -2.25. The van der Waals surface area contributed by atoms with Gasteiger partial charge in [0.25, 0.3) is 5.91 Å². The van der Waals surface area contributed by atoms with E-state index in [0.717, 1.165) is 43.0 Å². The fraction of sp³-hybridized carbons (Fsp3) is 0.269. The molecule has 1 amide bonds. The number of aromatic nitrogens is 3. The molecule has 180 valence electrons. The van der Waals surface area contributed by atoms with E-state index in [1.165, 1.54) is 6.07 Å². The molecule has 6 nitrogen and oxygen atoms in total. The number of pyridine rings is 2. The Labute approximate surface area is 200 Å². The molecule has 4 aromatic rings. The predicted octanol–water partition coefficient (Wildman–Crippen LogP) is 5.02. The van der Waals surface area contributed by atoms with Crippen LogP contribution < -0.4 is 5.32 Å². The number of halogens is 3. The summed E-state index contributed by atoms with van der Waals surface area (Å²) in [7, 11) is 0. The number of likely N-dealkylation sites (tertiary alicyclic amines) is 1. The summed E-state index contributed by atoms with van der Waals surface area (Å²) in [6, 6.07) is 16.4. The first-order chi connectivity index (χ1) is 16.9. The average Bonchev–Trinajstić information content (AvgIpc) is 3.47. The molecular weight excluding hydrogens is 455 g/mol. The second-order valence-corrected chi connectivity index (χ2v) is 8.60. The van der Waals surface area contributed by atoms with Crippen molar-refractivity contribution in [3.63, 3.8) is 0 Å². The van der Waals surface area contributed by atoms with Crippen molar-refractivity contribution in [2.75, 3.05) is 6.54 Å². The van der Waals surface area contributed by atoms with E-state index in [2.05, 4.69) is 15.2 Å². The lowest BCUT2D eigenvalue weighted by atomic mass is 10.1. The summed E-state index contributed by atoms with van der Waals surface area (Å²) >= 11 is 0. The number of rotatable bonds is 6. The molecule has 1 fully saturated rings. The summed E-state index contributed by atoms with van der Waals surface area (Å²) in [6.07, 6.45) is 1.15. The number of carbonyl (C=O) groups excluding carboxylic acids is 1. The number of carbonyl (C=O) groups is 1. The third-order valence-electron chi connectivity index (χ3n) is 6.25. The van der Waals surface area contributed by atoms with Crippen LogP contribution in [0.25, 0.3) is 5.52 Å². The molecule has 1 atom stereocenters. The van der Waals surface area contributed by atoms with Crippen molar-refractivity contribution >= 4 is 11.4 Å². The Morgan fingerprint density at radius 2 is 1.94 bits per heavy atom. The molecular formula is C26H24F3N5O. The van der Waals surface area contributed by atoms with Crippen molar-refractivity contribution in [2.24, 2.45) is 0 Å². The van der Waals surface area contributed by atoms with Gasteiger partial charge in [-0.25, -0.2) is 4.98 Å². The van der Waals surface area contributed by atoms with Gasteiger partial charge in [-0.2, -0.15) is 13.2 Å². The van der Waals surface area contributed by atoms with E-state index in [0.29, 0.717) is 17.6 Å². The zero-order valence-electron chi connectivity index (χ0n) is 18.9. The Balaban J connectivity index is 1.38. The van der Waals surface area contributed by atoms with Gasteiger partial charge < -0.3 is 9.72 Å². The van der Waals surface area contributed by atoms with E-state index in [4.69, 9.17) is 4.98 Å². The summed E-state index contributed by atoms with van der Waals surface area (Å²) in [6.45, 7) is 1.56. The molecule has 3 aromatic heterocycles. The van der Waals surface area contributed by atoms with Gasteiger partial charge in [0, 0.05) is 25.5 Å². The highest BCUT2D eigenvalue weighted by molar-refractivity contribution is 5.99. The van der Waals surface area contributed by atoms with Gasteiger partial charge in [0.05, 0.1) is 22.8 Å². The van der Waals surface area contributed by atoms with Gasteiger partial charge in [-0.05, 0) is 61.3 Å². The van der Waals surface area contributed by atoms with Gasteiger partial charge in [0.2, 0.25) is 0 Å². The van der Waals surface area contributed by atoms with Crippen LogP contribution in [-0.2, 0) is 19.3 Å². The van der Waals surface area contributed by atoms with Crippen LogP contribution in [0.2, 0.25) is 0 Å². The Bertz CT molecular complexity index is 1340. The molecule has 1 N–H and O–H groups in total. The molecule has 35 heavy (non-hydrogen) atoms. The minimum atomic E-state index is -4.43. The highest BCUT2D eigenvalue weighted by Gasteiger charge is 2.32. The van der Waals surface area contributed by atoms with E-state index >= 15 is 0 Å². The normalized spacial score (nSPS) is 16.6. The van der Waals surface area contributed by atoms with Crippen molar-refractivity contribution in [3.8, 4) is 0 Å². The largest absolute Gasteiger partial charge is 0.416 e. The van der Waals surface area contributed by atoms with Gasteiger partial charge in [-0.1, -0.05) is 24.3 Å². The summed E-state index contributed by atoms with van der Waals surface area (Å²) in [5.74, 6) is 0.352. The van der Waals surface area contributed by atoms with E-state index in [1.54, 1.807) is 12.3 Å². The fourth-order valence-corrected chi connectivity index (χ4v) is 4.59. The molecule has 0 aliphatic carbocycles. The Kier molecular flexibility index (Phi) is 6.25. The third-order valence-corrected chi connectivity index (χ3v) is 6.25. The molecule has 0 spiro atoms. The predicted molar refractivity (Wildman–Crippen MR) is 124 cm³/mol. The summed E-state index contributed by atoms with van der Waals surface area (Å²) < 4.78 is 41.0. The molecule has 0 unspecified atom stereocenters. The second kappa shape index (κ2) is 9.50. The van der Waals surface area contributed by atoms with E-state index in [1.807, 2.05) is 47.0 Å². The number of benzene rings is 1. The van der Waals surface area contributed by atoms with Crippen molar-refractivity contribution in [1.82, 2.24) is 24.6 Å². The number of imidazole rings is 1. The van der Waals surface area contributed by atoms with Gasteiger partial charge in [0.1, 0.15) is 5.82 Å². The van der Waals surface area contributed by atoms with Crippen molar-refractivity contribution in [1.29, 1.82) is 0 Å². The topological polar surface area (TPSA) is 62.5 Å². The van der Waals surface area contributed by atoms with Crippen molar-refractivity contribution in [2.45, 2.75) is 38.1 Å². The van der Waals surface area contributed by atoms with Crippen LogP contribution in [0.1, 0.15) is 52.0 Å². The number of alkyl halides is 3. The maximum atomic E-state index is 13.1. The number of nitrogens with one attached hydrogen (secondary N) is 1. The first kappa shape index (κ1) is 23.0. The lowest BCUT2D eigenvalue weighted by molar-refractivity contribution is -0.137. The fourth-order valence-electron chi connectivity index (χ4n) is 4.59. The van der Waals surface area contributed by atoms with E-state index < -0.39 is 17.6 Å². The third kappa shape index (κ3) is 4.90. The Morgan fingerprint density at radius 1 is 1.09 bits per heavy atom. The maximum Gasteiger partial charge on any atom is 0.416 e. The van der Waals surface area contributed by atoms with Gasteiger partial charge in [-0.3, -0.25) is 14.7 Å². The van der Waals surface area contributed by atoms with E-state index in [-0.39, 0.29) is 18.3 Å². The highest BCUT2D eigenvalue weighted by atomic mass is 19.4. The van der Waals surface area contributed by atoms with Crippen LogP contribution in [0.15, 0.2) is 73.1 Å². The summed E-state index contributed by atoms with van der Waals surface area (Å²) in [5, 5.41) is 2.74. The first-order valence-electron chi connectivity index (χ1n) is 11.5.